The summed E-state index contributed by atoms with van der Waals surface area (Å²) in [7, 11) is 0. The third-order valence-corrected chi connectivity index (χ3v) is 8.75. The number of carboxylic acid groups (broad SMARTS) is 1. The summed E-state index contributed by atoms with van der Waals surface area (Å²) in [4.78, 5) is 41.3. The standard InChI is InChI=1S/C27H31ClN2O4S/c1-3-19-15-20(24(32)17-7-9-18(28)10-8-17)25(35-19)29-23(31)16-30-21(26(33)34)11-12-22(30)27(2)13-5-4-6-14-27/h4-5,7-10,15,21-22H,3,6,11-14,16H2,1-2H3,(H,29,31)(H,33,34)/t21-,22-,27?/m1/s1. The molecule has 2 N–H and O–H groups in total. The van der Waals surface area contributed by atoms with Gasteiger partial charge in [-0.15, -0.1) is 11.3 Å². The fourth-order valence-corrected chi connectivity index (χ4v) is 6.49. The number of rotatable bonds is 8. The molecule has 0 bridgehead atoms. The number of aliphatic carboxylic acids is 1. The van der Waals surface area contributed by atoms with Crippen LogP contribution in [0.1, 0.15) is 66.8 Å². The first-order chi connectivity index (χ1) is 16.7. The van der Waals surface area contributed by atoms with E-state index in [0.717, 1.165) is 37.0 Å². The van der Waals surface area contributed by atoms with Crippen LogP contribution in [0.2, 0.25) is 5.02 Å². The quantitative estimate of drug-likeness (QED) is 0.343. The van der Waals surface area contributed by atoms with Crippen molar-refractivity contribution >= 4 is 45.6 Å². The molecule has 1 unspecified atom stereocenters. The number of carbonyl (C=O) groups is 3. The van der Waals surface area contributed by atoms with Gasteiger partial charge in [0.2, 0.25) is 5.91 Å². The van der Waals surface area contributed by atoms with Gasteiger partial charge in [0.05, 0.1) is 12.1 Å². The number of anilines is 1. The van der Waals surface area contributed by atoms with Gasteiger partial charge in [0.25, 0.3) is 0 Å². The molecule has 2 aliphatic rings. The highest BCUT2D eigenvalue weighted by Crippen LogP contribution is 2.44. The maximum absolute atomic E-state index is 13.2. The SMILES string of the molecule is CCc1cc(C(=O)c2ccc(Cl)cc2)c(NC(=O)CN2[C@@H](C(=O)O)CC[C@@H]2C2(C)CC=CCC2)s1. The molecule has 0 saturated carbocycles. The summed E-state index contributed by atoms with van der Waals surface area (Å²) < 4.78 is 0. The Balaban J connectivity index is 1.55. The minimum absolute atomic E-state index is 0.0176. The van der Waals surface area contributed by atoms with Crippen LogP contribution in [-0.2, 0) is 16.0 Å². The topological polar surface area (TPSA) is 86.7 Å². The number of ketones is 1. The molecular formula is C27H31ClN2O4S. The minimum atomic E-state index is -0.891. The van der Waals surface area contributed by atoms with Crippen molar-refractivity contribution in [2.75, 3.05) is 11.9 Å². The second-order valence-electron chi connectivity index (χ2n) is 9.68. The van der Waals surface area contributed by atoms with E-state index in [1.807, 2.05) is 17.9 Å². The van der Waals surface area contributed by atoms with Gasteiger partial charge in [0.15, 0.2) is 5.78 Å². The number of likely N-dealkylation sites (tertiary alicyclic amines) is 1. The van der Waals surface area contributed by atoms with Crippen LogP contribution < -0.4 is 5.32 Å². The maximum Gasteiger partial charge on any atom is 0.320 e. The molecule has 1 aromatic heterocycles. The largest absolute Gasteiger partial charge is 0.480 e. The number of nitrogens with zero attached hydrogens (tertiary/aromatic N) is 1. The van der Waals surface area contributed by atoms with E-state index in [2.05, 4.69) is 24.4 Å². The van der Waals surface area contributed by atoms with Gasteiger partial charge >= 0.3 is 5.97 Å². The number of aryl methyl sites for hydroxylation is 1. The molecule has 4 rings (SSSR count). The molecule has 186 valence electrons. The van der Waals surface area contributed by atoms with Crippen molar-refractivity contribution in [2.45, 2.75) is 64.5 Å². The lowest BCUT2D eigenvalue weighted by molar-refractivity contribution is -0.143. The Bertz CT molecular complexity index is 1140. The average Bonchev–Trinajstić information content (AvgIpc) is 3.44. The Morgan fingerprint density at radius 2 is 1.94 bits per heavy atom. The van der Waals surface area contributed by atoms with E-state index < -0.39 is 12.0 Å². The average molecular weight is 515 g/mol. The van der Waals surface area contributed by atoms with E-state index >= 15 is 0 Å². The maximum atomic E-state index is 13.2. The third-order valence-electron chi connectivity index (χ3n) is 7.30. The van der Waals surface area contributed by atoms with Crippen molar-refractivity contribution in [1.82, 2.24) is 4.90 Å². The van der Waals surface area contributed by atoms with Gasteiger partial charge in [0.1, 0.15) is 11.0 Å². The smallest absolute Gasteiger partial charge is 0.320 e. The fourth-order valence-electron chi connectivity index (χ4n) is 5.35. The minimum Gasteiger partial charge on any atom is -0.480 e. The van der Waals surface area contributed by atoms with E-state index in [1.165, 1.54) is 11.3 Å². The summed E-state index contributed by atoms with van der Waals surface area (Å²) in [6, 6.07) is 7.84. The summed E-state index contributed by atoms with van der Waals surface area (Å²) in [5.74, 6) is -1.37. The zero-order valence-electron chi connectivity index (χ0n) is 20.1. The first-order valence-electron chi connectivity index (χ1n) is 12.1. The Morgan fingerprint density at radius 3 is 2.57 bits per heavy atom. The zero-order valence-corrected chi connectivity index (χ0v) is 21.6. The molecule has 0 radical (unpaired) electrons. The number of amides is 1. The van der Waals surface area contributed by atoms with E-state index in [0.29, 0.717) is 27.6 Å². The molecule has 2 aromatic rings. The lowest BCUT2D eigenvalue weighted by atomic mass is 9.72. The molecule has 1 saturated heterocycles. The van der Waals surface area contributed by atoms with Crippen LogP contribution in [0.3, 0.4) is 0 Å². The second-order valence-corrected chi connectivity index (χ2v) is 11.3. The van der Waals surface area contributed by atoms with Gasteiger partial charge in [-0.2, -0.15) is 0 Å². The van der Waals surface area contributed by atoms with Crippen molar-refractivity contribution < 1.29 is 19.5 Å². The van der Waals surface area contributed by atoms with Crippen LogP contribution in [0, 0.1) is 5.41 Å². The molecule has 1 aromatic carbocycles. The van der Waals surface area contributed by atoms with E-state index in [1.54, 1.807) is 24.3 Å². The number of nitrogens with one attached hydrogen (secondary N) is 1. The molecule has 1 amide bonds. The van der Waals surface area contributed by atoms with Crippen LogP contribution in [0.25, 0.3) is 0 Å². The normalized spacial score (nSPS) is 24.4. The highest BCUT2D eigenvalue weighted by molar-refractivity contribution is 7.16. The van der Waals surface area contributed by atoms with Crippen molar-refractivity contribution in [3.8, 4) is 0 Å². The number of hydrogen-bond acceptors (Lipinski definition) is 5. The zero-order chi connectivity index (χ0) is 25.2. The van der Waals surface area contributed by atoms with Crippen LogP contribution in [0.5, 0.6) is 0 Å². The van der Waals surface area contributed by atoms with Crippen LogP contribution in [0.4, 0.5) is 5.00 Å². The summed E-state index contributed by atoms with van der Waals surface area (Å²) >= 11 is 7.35. The predicted octanol–water partition coefficient (Wildman–Crippen LogP) is 5.80. The lowest BCUT2D eigenvalue weighted by Gasteiger charge is -2.42. The number of benzene rings is 1. The molecule has 1 fully saturated rings. The number of allylic oxidation sites excluding steroid dienone is 2. The van der Waals surface area contributed by atoms with Crippen LogP contribution in [-0.4, -0.2) is 46.3 Å². The van der Waals surface area contributed by atoms with E-state index in [9.17, 15) is 19.5 Å². The summed E-state index contributed by atoms with van der Waals surface area (Å²) in [6.07, 6.45) is 9.19. The summed E-state index contributed by atoms with van der Waals surface area (Å²) in [6.45, 7) is 4.18. The Morgan fingerprint density at radius 1 is 1.20 bits per heavy atom. The lowest BCUT2D eigenvalue weighted by Crippen LogP contribution is -2.51. The highest BCUT2D eigenvalue weighted by Gasteiger charge is 2.47. The monoisotopic (exact) mass is 514 g/mol. The van der Waals surface area contributed by atoms with Crippen molar-refractivity contribution in [3.63, 3.8) is 0 Å². The van der Waals surface area contributed by atoms with Crippen molar-refractivity contribution in [3.05, 3.63) is 63.5 Å². The van der Waals surface area contributed by atoms with Crippen LogP contribution in [0.15, 0.2) is 42.5 Å². The molecule has 0 spiro atoms. The van der Waals surface area contributed by atoms with Gasteiger partial charge in [-0.1, -0.05) is 37.6 Å². The third kappa shape index (κ3) is 5.52. The predicted molar refractivity (Wildman–Crippen MR) is 139 cm³/mol. The number of carboxylic acids is 1. The fraction of sp³-hybridized carbons (Fsp3) is 0.444. The van der Waals surface area contributed by atoms with Crippen molar-refractivity contribution in [2.24, 2.45) is 5.41 Å². The molecule has 2 heterocycles. The molecule has 1 aliphatic heterocycles. The second kappa shape index (κ2) is 10.6. The number of carbonyl (C=O) groups excluding carboxylic acids is 2. The molecule has 8 heteroatoms. The number of halogens is 1. The Hall–Kier alpha value is -2.48. The van der Waals surface area contributed by atoms with Gasteiger partial charge in [-0.3, -0.25) is 19.3 Å². The Labute approximate surface area is 215 Å². The highest BCUT2D eigenvalue weighted by atomic mass is 35.5. The van der Waals surface area contributed by atoms with Crippen LogP contribution >= 0.6 is 22.9 Å². The molecular weight excluding hydrogens is 484 g/mol. The van der Waals surface area contributed by atoms with Crippen molar-refractivity contribution in [1.29, 1.82) is 0 Å². The first-order valence-corrected chi connectivity index (χ1v) is 13.3. The van der Waals surface area contributed by atoms with Gasteiger partial charge < -0.3 is 10.4 Å². The molecule has 1 aliphatic carbocycles. The summed E-state index contributed by atoms with van der Waals surface area (Å²) in [5.41, 5.74) is 0.876. The van der Waals surface area contributed by atoms with E-state index in [4.69, 9.17) is 11.6 Å². The molecule has 3 atom stereocenters. The number of hydrogen-bond donors (Lipinski definition) is 2. The van der Waals surface area contributed by atoms with Gasteiger partial charge in [-0.25, -0.2) is 0 Å². The Kier molecular flexibility index (Phi) is 7.79. The first kappa shape index (κ1) is 25.6. The molecule has 35 heavy (non-hydrogen) atoms. The molecule has 6 nitrogen and oxygen atoms in total. The van der Waals surface area contributed by atoms with Gasteiger partial charge in [-0.05, 0) is 74.3 Å². The summed E-state index contributed by atoms with van der Waals surface area (Å²) in [5, 5.41) is 13.8. The van der Waals surface area contributed by atoms with Gasteiger partial charge in [0, 0.05) is 21.5 Å². The number of thiophene rings is 1. The van der Waals surface area contributed by atoms with E-state index in [-0.39, 0.29) is 29.7 Å².